The molecule has 0 radical (unpaired) electrons. The fraction of sp³-hybridized carbons (Fsp3) is 0.533. The summed E-state index contributed by atoms with van der Waals surface area (Å²) in [6, 6.07) is 5.07. The Bertz CT molecular complexity index is 527. The molecule has 2 fully saturated rings. The molecule has 5 heteroatoms. The van der Waals surface area contributed by atoms with Gasteiger partial charge in [-0.05, 0) is 56.0 Å². The van der Waals surface area contributed by atoms with Gasteiger partial charge in [-0.2, -0.15) is 0 Å². The monoisotopic (exact) mass is 312 g/mol. The first-order valence-electron chi connectivity index (χ1n) is 7.05. The van der Waals surface area contributed by atoms with Crippen LogP contribution in [0, 0.1) is 5.41 Å². The summed E-state index contributed by atoms with van der Waals surface area (Å²) in [6.45, 7) is 3.80. The molecule has 1 amide bonds. The Morgan fingerprint density at radius 3 is 2.65 bits per heavy atom. The summed E-state index contributed by atoms with van der Waals surface area (Å²) in [5.74, 6) is 0.0297. The number of halogens is 2. The fourth-order valence-corrected chi connectivity index (χ4v) is 3.80. The molecule has 2 saturated heterocycles. The van der Waals surface area contributed by atoms with Crippen molar-refractivity contribution in [3.63, 3.8) is 0 Å². The van der Waals surface area contributed by atoms with Gasteiger partial charge in [0.25, 0.3) is 5.91 Å². The quantitative estimate of drug-likeness (QED) is 0.863. The lowest BCUT2D eigenvalue weighted by molar-refractivity contribution is 0.0762. The smallest absolute Gasteiger partial charge is 0.255 e. The molecule has 108 valence electrons. The van der Waals surface area contributed by atoms with Crippen molar-refractivity contribution in [1.82, 2.24) is 10.2 Å². The van der Waals surface area contributed by atoms with Crippen LogP contribution in [0.4, 0.5) is 0 Å². The first-order chi connectivity index (χ1) is 9.60. The van der Waals surface area contributed by atoms with Gasteiger partial charge >= 0.3 is 0 Å². The topological polar surface area (TPSA) is 32.3 Å². The van der Waals surface area contributed by atoms with Gasteiger partial charge in [0.05, 0.1) is 10.6 Å². The molecule has 3 rings (SSSR count). The maximum Gasteiger partial charge on any atom is 0.255 e. The van der Waals surface area contributed by atoms with Crippen molar-refractivity contribution >= 4 is 29.1 Å². The van der Waals surface area contributed by atoms with Crippen molar-refractivity contribution < 1.29 is 4.79 Å². The number of hydrogen-bond donors (Lipinski definition) is 1. The van der Waals surface area contributed by atoms with Crippen molar-refractivity contribution in [1.29, 1.82) is 0 Å². The highest BCUT2D eigenvalue weighted by Gasteiger charge is 2.40. The number of benzene rings is 1. The largest absolute Gasteiger partial charge is 0.338 e. The molecule has 0 unspecified atom stereocenters. The van der Waals surface area contributed by atoms with Crippen LogP contribution in [-0.2, 0) is 0 Å². The summed E-state index contributed by atoms with van der Waals surface area (Å²) in [5, 5.41) is 4.38. The molecule has 1 spiro atoms. The van der Waals surface area contributed by atoms with E-state index in [9.17, 15) is 4.79 Å². The summed E-state index contributed by atoms with van der Waals surface area (Å²) in [4.78, 5) is 14.5. The zero-order chi connectivity index (χ0) is 14.2. The van der Waals surface area contributed by atoms with Gasteiger partial charge in [0, 0.05) is 18.1 Å². The molecule has 0 bridgehead atoms. The molecule has 1 N–H and O–H groups in total. The molecule has 2 heterocycles. The third-order valence-electron chi connectivity index (χ3n) is 4.55. The SMILES string of the molecule is O=C(c1ccc(Cl)cc1Cl)N1CCC2(CCNCC2)C1. The number of carbonyl (C=O) groups is 1. The molecular formula is C15H18Cl2N2O. The lowest BCUT2D eigenvalue weighted by Gasteiger charge is -2.33. The Balaban J connectivity index is 1.75. The van der Waals surface area contributed by atoms with Crippen LogP contribution < -0.4 is 5.32 Å². The van der Waals surface area contributed by atoms with E-state index in [0.29, 0.717) is 21.0 Å². The van der Waals surface area contributed by atoms with Gasteiger partial charge in [-0.1, -0.05) is 23.2 Å². The van der Waals surface area contributed by atoms with Crippen LogP contribution in [0.5, 0.6) is 0 Å². The second-order valence-electron chi connectivity index (χ2n) is 5.85. The Morgan fingerprint density at radius 2 is 1.95 bits per heavy atom. The van der Waals surface area contributed by atoms with Gasteiger partial charge in [0.1, 0.15) is 0 Å². The minimum Gasteiger partial charge on any atom is -0.338 e. The van der Waals surface area contributed by atoms with Gasteiger partial charge in [-0.3, -0.25) is 4.79 Å². The van der Waals surface area contributed by atoms with Crippen molar-refractivity contribution in [2.75, 3.05) is 26.2 Å². The Kier molecular flexibility index (Phi) is 3.93. The van der Waals surface area contributed by atoms with E-state index in [-0.39, 0.29) is 5.91 Å². The average Bonchev–Trinajstić information content (AvgIpc) is 2.83. The molecular weight excluding hydrogens is 295 g/mol. The Morgan fingerprint density at radius 1 is 1.20 bits per heavy atom. The molecule has 2 aliphatic rings. The van der Waals surface area contributed by atoms with Gasteiger partial charge in [0.2, 0.25) is 0 Å². The Labute approximate surface area is 129 Å². The van der Waals surface area contributed by atoms with E-state index in [0.717, 1.165) is 45.4 Å². The normalized spacial score (nSPS) is 21.4. The molecule has 2 aliphatic heterocycles. The first kappa shape index (κ1) is 14.2. The maximum absolute atomic E-state index is 12.6. The van der Waals surface area contributed by atoms with Gasteiger partial charge in [-0.15, -0.1) is 0 Å². The number of rotatable bonds is 1. The van der Waals surface area contributed by atoms with Crippen LogP contribution in [0.25, 0.3) is 0 Å². The van der Waals surface area contributed by atoms with Crippen LogP contribution in [0.15, 0.2) is 18.2 Å². The predicted octanol–water partition coefficient (Wildman–Crippen LogP) is 3.21. The van der Waals surface area contributed by atoms with Crippen molar-refractivity contribution in [3.8, 4) is 0 Å². The highest BCUT2D eigenvalue weighted by molar-refractivity contribution is 6.36. The number of likely N-dealkylation sites (tertiary alicyclic amines) is 1. The lowest BCUT2D eigenvalue weighted by Crippen LogP contribution is -2.39. The Hall–Kier alpha value is -0.770. The molecule has 1 aromatic carbocycles. The van der Waals surface area contributed by atoms with E-state index < -0.39 is 0 Å². The maximum atomic E-state index is 12.6. The second-order valence-corrected chi connectivity index (χ2v) is 6.69. The molecule has 20 heavy (non-hydrogen) atoms. The van der Waals surface area contributed by atoms with Crippen LogP contribution >= 0.6 is 23.2 Å². The van der Waals surface area contributed by atoms with E-state index >= 15 is 0 Å². The minimum atomic E-state index is 0.0297. The first-order valence-corrected chi connectivity index (χ1v) is 7.80. The molecule has 0 saturated carbocycles. The van der Waals surface area contributed by atoms with E-state index in [4.69, 9.17) is 23.2 Å². The summed E-state index contributed by atoms with van der Waals surface area (Å²) >= 11 is 12.0. The number of carbonyl (C=O) groups excluding carboxylic acids is 1. The van der Waals surface area contributed by atoms with Crippen molar-refractivity contribution in [3.05, 3.63) is 33.8 Å². The van der Waals surface area contributed by atoms with Crippen molar-refractivity contribution in [2.45, 2.75) is 19.3 Å². The minimum absolute atomic E-state index is 0.0297. The number of amides is 1. The molecule has 0 aliphatic carbocycles. The summed E-state index contributed by atoms with van der Waals surface area (Å²) in [5.41, 5.74) is 0.877. The van der Waals surface area contributed by atoms with Crippen molar-refractivity contribution in [2.24, 2.45) is 5.41 Å². The predicted molar refractivity (Wildman–Crippen MR) is 81.5 cm³/mol. The van der Waals surface area contributed by atoms with Gasteiger partial charge < -0.3 is 10.2 Å². The molecule has 0 atom stereocenters. The van der Waals surface area contributed by atoms with E-state index in [1.165, 1.54) is 0 Å². The third kappa shape index (κ3) is 2.67. The lowest BCUT2D eigenvalue weighted by atomic mass is 9.78. The third-order valence-corrected chi connectivity index (χ3v) is 5.10. The summed E-state index contributed by atoms with van der Waals surface area (Å²) in [6.07, 6.45) is 3.42. The zero-order valence-corrected chi connectivity index (χ0v) is 12.8. The second kappa shape index (κ2) is 5.55. The highest BCUT2D eigenvalue weighted by atomic mass is 35.5. The van der Waals surface area contributed by atoms with Gasteiger partial charge in [-0.25, -0.2) is 0 Å². The summed E-state index contributed by atoms with van der Waals surface area (Å²) < 4.78 is 0. The molecule has 0 aromatic heterocycles. The number of nitrogens with one attached hydrogen (secondary N) is 1. The van der Waals surface area contributed by atoms with Crippen LogP contribution in [-0.4, -0.2) is 37.0 Å². The van der Waals surface area contributed by atoms with E-state index in [1.54, 1.807) is 18.2 Å². The zero-order valence-electron chi connectivity index (χ0n) is 11.3. The fourth-order valence-electron chi connectivity index (χ4n) is 3.31. The number of nitrogens with zero attached hydrogens (tertiary/aromatic N) is 1. The number of hydrogen-bond acceptors (Lipinski definition) is 2. The average molecular weight is 313 g/mol. The molecule has 3 nitrogen and oxygen atoms in total. The highest BCUT2D eigenvalue weighted by Crippen LogP contribution is 2.39. The van der Waals surface area contributed by atoms with Crippen LogP contribution in [0.1, 0.15) is 29.6 Å². The van der Waals surface area contributed by atoms with E-state index in [1.807, 2.05) is 4.90 Å². The number of piperidine rings is 1. The summed E-state index contributed by atoms with van der Waals surface area (Å²) in [7, 11) is 0. The standard InChI is InChI=1S/C15H18Cl2N2O/c16-11-1-2-12(13(17)9-11)14(20)19-8-5-15(10-19)3-6-18-7-4-15/h1-2,9,18H,3-8,10H2. The van der Waals surface area contributed by atoms with Gasteiger partial charge in [0.15, 0.2) is 0 Å². The van der Waals surface area contributed by atoms with Crippen LogP contribution in [0.2, 0.25) is 10.0 Å². The van der Waals surface area contributed by atoms with E-state index in [2.05, 4.69) is 5.32 Å². The van der Waals surface area contributed by atoms with Crippen LogP contribution in [0.3, 0.4) is 0 Å². The molecule has 1 aromatic rings.